The average Bonchev–Trinajstić information content (AvgIpc) is 3.21. The number of carbonyl (C=O) groups is 1. The van der Waals surface area contributed by atoms with Crippen molar-refractivity contribution >= 4 is 39.8 Å². The summed E-state index contributed by atoms with van der Waals surface area (Å²) in [5, 5.41) is 15.5. The summed E-state index contributed by atoms with van der Waals surface area (Å²) in [5.41, 5.74) is 1.19. The molecule has 0 saturated carbocycles. The highest BCUT2D eigenvalue weighted by Crippen LogP contribution is 2.33. The summed E-state index contributed by atoms with van der Waals surface area (Å²) in [4.78, 5) is 16.6. The number of thioether (sulfide) groups is 1. The first-order chi connectivity index (χ1) is 15.4. The molecule has 0 aliphatic carbocycles. The van der Waals surface area contributed by atoms with Crippen LogP contribution >= 0.6 is 11.8 Å². The Kier molecular flexibility index (Phi) is 6.09. The average molecular weight is 453 g/mol. The molecule has 1 N–H and O–H groups in total. The Morgan fingerprint density at radius 2 is 2.00 bits per heavy atom. The molecule has 0 saturated heterocycles. The lowest BCUT2D eigenvalue weighted by Crippen LogP contribution is -2.35. The first-order valence-electron chi connectivity index (χ1n) is 9.91. The first-order valence-corrected chi connectivity index (χ1v) is 10.7. The van der Waals surface area contributed by atoms with E-state index in [9.17, 15) is 9.18 Å². The zero-order chi connectivity index (χ0) is 22.8. The zero-order valence-electron chi connectivity index (χ0n) is 17.8. The Bertz CT molecular complexity index is 1190. The number of halogens is 1. The monoisotopic (exact) mass is 452 g/mol. The third kappa shape index (κ3) is 4.29. The van der Waals surface area contributed by atoms with Crippen LogP contribution in [0.4, 0.5) is 4.39 Å². The summed E-state index contributed by atoms with van der Waals surface area (Å²) in [6.07, 6.45) is 1.57. The second-order valence-electron chi connectivity index (χ2n) is 7.40. The number of hydrogen-bond donors (Lipinski definition) is 1. The normalized spacial score (nSPS) is 16.9. The molecule has 2 heterocycles. The van der Waals surface area contributed by atoms with Gasteiger partial charge in [0.1, 0.15) is 17.5 Å². The molecule has 7 nitrogen and oxygen atoms in total. The Morgan fingerprint density at radius 3 is 2.72 bits per heavy atom. The number of hydrazone groups is 1. The van der Waals surface area contributed by atoms with Gasteiger partial charge in [-0.2, -0.15) is 15.1 Å². The second kappa shape index (κ2) is 8.96. The van der Waals surface area contributed by atoms with E-state index in [1.165, 1.54) is 29.9 Å². The Hall–Kier alpha value is -3.46. The number of amides is 1. The van der Waals surface area contributed by atoms with Crippen LogP contribution in [0, 0.1) is 17.1 Å². The van der Waals surface area contributed by atoms with E-state index < -0.39 is 5.91 Å². The molecule has 9 heteroatoms. The minimum absolute atomic E-state index is 0.0259. The van der Waals surface area contributed by atoms with Crippen molar-refractivity contribution in [2.24, 2.45) is 16.0 Å². The van der Waals surface area contributed by atoms with Gasteiger partial charge in [0.15, 0.2) is 17.3 Å². The lowest BCUT2D eigenvalue weighted by atomic mass is 10.1. The summed E-state index contributed by atoms with van der Waals surface area (Å²) in [7, 11) is 1.50. The van der Waals surface area contributed by atoms with Crippen LogP contribution in [-0.4, -0.2) is 34.1 Å². The van der Waals surface area contributed by atoms with Crippen LogP contribution in [0.15, 0.2) is 58.1 Å². The summed E-state index contributed by atoms with van der Waals surface area (Å²) < 4.78 is 25.0. The van der Waals surface area contributed by atoms with E-state index in [4.69, 9.17) is 14.9 Å². The van der Waals surface area contributed by atoms with Crippen molar-refractivity contribution in [3.63, 3.8) is 0 Å². The number of carbonyl (C=O) groups excluding carboxylic acids is 1. The van der Waals surface area contributed by atoms with E-state index in [1.807, 2.05) is 13.8 Å². The van der Waals surface area contributed by atoms with Gasteiger partial charge in [0, 0.05) is 11.5 Å². The van der Waals surface area contributed by atoms with E-state index in [2.05, 4.69) is 10.1 Å². The van der Waals surface area contributed by atoms with E-state index in [0.717, 1.165) is 5.04 Å². The third-order valence-corrected chi connectivity index (χ3v) is 6.01. The van der Waals surface area contributed by atoms with Crippen LogP contribution in [0.1, 0.15) is 25.0 Å². The number of hydrogen-bond acceptors (Lipinski definition) is 6. The molecule has 0 spiro atoms. The van der Waals surface area contributed by atoms with Crippen LogP contribution in [-0.2, 0) is 11.4 Å². The van der Waals surface area contributed by atoms with Crippen LogP contribution in [0.3, 0.4) is 0 Å². The Labute approximate surface area is 189 Å². The fraction of sp³-hybridized carbons (Fsp3) is 0.217. The quantitative estimate of drug-likeness (QED) is 0.643. The highest BCUT2D eigenvalue weighted by molar-refractivity contribution is 8.27. The lowest BCUT2D eigenvalue weighted by molar-refractivity contribution is -0.114. The third-order valence-electron chi connectivity index (χ3n) is 4.80. The molecule has 2 aromatic carbocycles. The van der Waals surface area contributed by atoms with Gasteiger partial charge < -0.3 is 9.47 Å². The van der Waals surface area contributed by atoms with Gasteiger partial charge in [-0.25, -0.2) is 4.39 Å². The number of nitrogens with one attached hydrogen (secondary N) is 1. The second-order valence-corrected chi connectivity index (χ2v) is 8.39. The maximum Gasteiger partial charge on any atom is 0.283 e. The summed E-state index contributed by atoms with van der Waals surface area (Å²) in [5.74, 6) is 0.168. The molecule has 0 radical (unpaired) electrons. The van der Waals surface area contributed by atoms with Crippen molar-refractivity contribution in [1.29, 1.82) is 5.41 Å². The minimum atomic E-state index is -0.493. The van der Waals surface area contributed by atoms with Crippen molar-refractivity contribution in [2.45, 2.75) is 20.5 Å². The van der Waals surface area contributed by atoms with Crippen molar-refractivity contribution in [3.8, 4) is 11.5 Å². The molecule has 4 rings (SSSR count). The van der Waals surface area contributed by atoms with Crippen LogP contribution in [0.5, 0.6) is 11.5 Å². The molecule has 164 valence electrons. The lowest BCUT2D eigenvalue weighted by Gasteiger charge is -2.20. The number of ether oxygens (including phenoxy) is 2. The van der Waals surface area contributed by atoms with Gasteiger partial charge in [-0.1, -0.05) is 38.1 Å². The van der Waals surface area contributed by atoms with Crippen molar-refractivity contribution in [1.82, 2.24) is 5.01 Å². The smallest absolute Gasteiger partial charge is 0.283 e. The Morgan fingerprint density at radius 1 is 1.22 bits per heavy atom. The van der Waals surface area contributed by atoms with Gasteiger partial charge >= 0.3 is 0 Å². The van der Waals surface area contributed by atoms with Crippen LogP contribution in [0.2, 0.25) is 0 Å². The molecular weight excluding hydrogens is 431 g/mol. The number of nitrogens with zero attached hydrogens (tertiary/aromatic N) is 3. The highest BCUT2D eigenvalue weighted by atomic mass is 32.2. The van der Waals surface area contributed by atoms with Crippen molar-refractivity contribution < 1.29 is 18.7 Å². The number of amidine groups is 2. The molecule has 0 unspecified atom stereocenters. The number of aliphatic imine (C=N–C) groups is 1. The molecule has 1 amide bonds. The van der Waals surface area contributed by atoms with Gasteiger partial charge in [0.05, 0.1) is 12.7 Å². The number of benzene rings is 2. The first kappa shape index (κ1) is 21.8. The maximum absolute atomic E-state index is 13.8. The van der Waals surface area contributed by atoms with E-state index in [-0.39, 0.29) is 29.8 Å². The van der Waals surface area contributed by atoms with Gasteiger partial charge in [-0.15, -0.1) is 0 Å². The van der Waals surface area contributed by atoms with Crippen molar-refractivity contribution in [2.75, 3.05) is 7.11 Å². The molecule has 2 aliphatic heterocycles. The number of rotatable bonds is 6. The predicted molar refractivity (Wildman–Crippen MR) is 124 cm³/mol. The maximum atomic E-state index is 13.8. The summed E-state index contributed by atoms with van der Waals surface area (Å²) in [6, 6.07) is 11.5. The van der Waals surface area contributed by atoms with Crippen molar-refractivity contribution in [3.05, 3.63) is 65.0 Å². The zero-order valence-corrected chi connectivity index (χ0v) is 18.6. The molecule has 0 atom stereocenters. The largest absolute Gasteiger partial charge is 0.493 e. The number of fused-ring (bicyclic) bond motifs is 1. The highest BCUT2D eigenvalue weighted by Gasteiger charge is 2.36. The Balaban J connectivity index is 1.57. The molecule has 0 bridgehead atoms. The molecule has 0 aromatic heterocycles. The van der Waals surface area contributed by atoms with Gasteiger partial charge in [-0.3, -0.25) is 10.2 Å². The molecule has 32 heavy (non-hydrogen) atoms. The van der Waals surface area contributed by atoms with Gasteiger partial charge in [0.2, 0.25) is 5.17 Å². The van der Waals surface area contributed by atoms with Gasteiger partial charge in [-0.05, 0) is 41.6 Å². The number of methoxy groups -OCH3 is 1. The van der Waals surface area contributed by atoms with Crippen LogP contribution in [0.25, 0.3) is 6.08 Å². The minimum Gasteiger partial charge on any atom is -0.493 e. The topological polar surface area (TPSA) is 87.3 Å². The van der Waals surface area contributed by atoms with Crippen LogP contribution < -0.4 is 9.47 Å². The fourth-order valence-corrected chi connectivity index (χ4v) is 3.96. The van der Waals surface area contributed by atoms with E-state index >= 15 is 0 Å². The van der Waals surface area contributed by atoms with E-state index in [0.29, 0.717) is 27.8 Å². The predicted octanol–water partition coefficient (Wildman–Crippen LogP) is 4.69. The van der Waals surface area contributed by atoms with Gasteiger partial charge in [0.25, 0.3) is 5.91 Å². The molecular formula is C23H21FN4O3S. The molecule has 2 aromatic rings. The summed E-state index contributed by atoms with van der Waals surface area (Å²) >= 11 is 1.30. The SMILES string of the molecule is COc1cc(C=C2C(=N)N3N=C(C(C)C)SC3=NC2=O)ccc1OCc1ccccc1F. The molecule has 2 aliphatic rings. The summed E-state index contributed by atoms with van der Waals surface area (Å²) in [6.45, 7) is 4.04. The fourth-order valence-electron chi connectivity index (χ4n) is 3.07. The standard InChI is InChI=1S/C23H21FN4O3S/c1-13(2)22-27-28-20(25)16(21(29)26-23(28)32-22)10-14-8-9-18(19(11-14)30-3)31-12-15-6-4-5-7-17(15)24/h4-11,13,25H,12H2,1-3H3. The van der Waals surface area contributed by atoms with E-state index in [1.54, 1.807) is 42.5 Å². The molecule has 0 fully saturated rings.